The third kappa shape index (κ3) is 3.76. The fourth-order valence-electron chi connectivity index (χ4n) is 1.74. The van der Waals surface area contributed by atoms with Crippen LogP contribution in [0.5, 0.6) is 0 Å². The first kappa shape index (κ1) is 16.5. The van der Waals surface area contributed by atoms with E-state index in [0.29, 0.717) is 5.82 Å². The van der Waals surface area contributed by atoms with Crippen molar-refractivity contribution in [2.75, 3.05) is 5.73 Å². The van der Waals surface area contributed by atoms with Crippen LogP contribution in [0.2, 0.25) is 0 Å². The van der Waals surface area contributed by atoms with Gasteiger partial charge in [0.2, 0.25) is 0 Å². The Morgan fingerprint density at radius 1 is 1.22 bits per heavy atom. The van der Waals surface area contributed by atoms with Gasteiger partial charge in [0.15, 0.2) is 11.6 Å². The Labute approximate surface area is 111 Å². The third-order valence-corrected chi connectivity index (χ3v) is 2.43. The lowest BCUT2D eigenvalue weighted by atomic mass is 9.83. The Morgan fingerprint density at radius 2 is 1.78 bits per heavy atom. The van der Waals surface area contributed by atoms with Crippen molar-refractivity contribution in [3.8, 4) is 0 Å². The molecule has 0 aliphatic carbocycles. The molecule has 3 nitrogen and oxygen atoms in total. The second kappa shape index (κ2) is 7.04. The zero-order valence-corrected chi connectivity index (χ0v) is 12.7. The van der Waals surface area contributed by atoms with Crippen LogP contribution in [0.4, 0.5) is 5.82 Å². The first-order valence-electron chi connectivity index (χ1n) is 6.46. The molecule has 1 aromatic heterocycles. The lowest BCUT2D eigenvalue weighted by Crippen LogP contribution is -2.08. The molecule has 0 fully saturated rings. The molecule has 0 aromatic carbocycles. The number of nitrogens with zero attached hydrogens (tertiary/aromatic N) is 1. The highest BCUT2D eigenvalue weighted by molar-refractivity contribution is 5.77. The number of nitrogens with two attached hydrogens (primary N) is 1. The maximum absolute atomic E-state index is 5.78. The fraction of sp³-hybridized carbons (Fsp3) is 0.533. The third-order valence-electron chi connectivity index (χ3n) is 2.43. The quantitative estimate of drug-likeness (QED) is 0.822. The minimum absolute atomic E-state index is 0.0110. The SMILES string of the molecule is C/C=C\c1c(N)noc1/C(=C\C)C(C)(C)C.CC. The van der Waals surface area contributed by atoms with Crippen LogP contribution in [0.25, 0.3) is 11.6 Å². The molecule has 0 atom stereocenters. The molecule has 1 heterocycles. The fourth-order valence-corrected chi connectivity index (χ4v) is 1.74. The van der Waals surface area contributed by atoms with Crippen LogP contribution in [0, 0.1) is 5.41 Å². The molecule has 0 unspecified atom stereocenters. The Bertz CT molecular complexity index is 420. The topological polar surface area (TPSA) is 52.0 Å². The highest BCUT2D eigenvalue weighted by Gasteiger charge is 2.24. The van der Waals surface area contributed by atoms with E-state index >= 15 is 0 Å². The van der Waals surface area contributed by atoms with Gasteiger partial charge in [0.25, 0.3) is 0 Å². The molecular formula is C15H26N2O. The van der Waals surface area contributed by atoms with E-state index in [1.807, 2.05) is 45.9 Å². The van der Waals surface area contributed by atoms with Gasteiger partial charge in [-0.25, -0.2) is 0 Å². The second-order valence-electron chi connectivity index (χ2n) is 4.76. The van der Waals surface area contributed by atoms with E-state index in [9.17, 15) is 0 Å². The van der Waals surface area contributed by atoms with Crippen LogP contribution >= 0.6 is 0 Å². The number of hydrogen-bond acceptors (Lipinski definition) is 3. The lowest BCUT2D eigenvalue weighted by molar-refractivity contribution is 0.400. The number of nitrogen functional groups attached to an aromatic ring is 1. The number of anilines is 1. The summed E-state index contributed by atoms with van der Waals surface area (Å²) in [6.45, 7) is 14.4. The summed E-state index contributed by atoms with van der Waals surface area (Å²) < 4.78 is 5.33. The van der Waals surface area contributed by atoms with Gasteiger partial charge in [-0.3, -0.25) is 0 Å². The van der Waals surface area contributed by atoms with E-state index < -0.39 is 0 Å². The zero-order chi connectivity index (χ0) is 14.3. The highest BCUT2D eigenvalue weighted by Crippen LogP contribution is 2.37. The monoisotopic (exact) mass is 250 g/mol. The van der Waals surface area contributed by atoms with Crippen LogP contribution in [-0.2, 0) is 0 Å². The molecule has 2 N–H and O–H groups in total. The largest absolute Gasteiger partial charge is 0.380 e. The predicted molar refractivity (Wildman–Crippen MR) is 80.1 cm³/mol. The summed E-state index contributed by atoms with van der Waals surface area (Å²) >= 11 is 0. The molecule has 102 valence electrons. The van der Waals surface area contributed by atoms with Crippen molar-refractivity contribution in [3.05, 3.63) is 23.5 Å². The predicted octanol–water partition coefficient (Wildman–Crippen LogP) is 4.77. The molecule has 0 amide bonds. The molecular weight excluding hydrogens is 224 g/mol. The molecule has 0 aliphatic rings. The van der Waals surface area contributed by atoms with Crippen molar-refractivity contribution >= 4 is 17.5 Å². The van der Waals surface area contributed by atoms with Crippen molar-refractivity contribution in [1.82, 2.24) is 5.16 Å². The Hall–Kier alpha value is -1.51. The molecule has 1 aromatic rings. The van der Waals surface area contributed by atoms with Crippen LogP contribution in [0.3, 0.4) is 0 Å². The van der Waals surface area contributed by atoms with Crippen molar-refractivity contribution in [3.63, 3.8) is 0 Å². The van der Waals surface area contributed by atoms with E-state index in [1.54, 1.807) is 0 Å². The van der Waals surface area contributed by atoms with Crippen LogP contribution < -0.4 is 5.73 Å². The van der Waals surface area contributed by atoms with Crippen molar-refractivity contribution in [2.45, 2.75) is 48.5 Å². The number of rotatable bonds is 2. The van der Waals surface area contributed by atoms with Crippen LogP contribution in [0.15, 0.2) is 16.7 Å². The molecule has 0 radical (unpaired) electrons. The molecule has 0 bridgehead atoms. The van der Waals surface area contributed by atoms with E-state index in [2.05, 4.69) is 25.9 Å². The summed E-state index contributed by atoms with van der Waals surface area (Å²) in [7, 11) is 0. The first-order valence-corrected chi connectivity index (χ1v) is 6.46. The molecule has 3 heteroatoms. The average molecular weight is 250 g/mol. The molecule has 0 aliphatic heterocycles. The normalized spacial score (nSPS) is 12.5. The van der Waals surface area contributed by atoms with Gasteiger partial charge >= 0.3 is 0 Å². The zero-order valence-electron chi connectivity index (χ0n) is 12.7. The lowest BCUT2D eigenvalue weighted by Gasteiger charge is -2.21. The Kier molecular flexibility index (Phi) is 6.45. The number of aromatic nitrogens is 1. The minimum atomic E-state index is 0.0110. The summed E-state index contributed by atoms with van der Waals surface area (Å²) in [6.07, 6.45) is 5.91. The van der Waals surface area contributed by atoms with Gasteiger partial charge in [0, 0.05) is 0 Å². The molecule has 0 saturated heterocycles. The minimum Gasteiger partial charge on any atom is -0.380 e. The van der Waals surface area contributed by atoms with Crippen molar-refractivity contribution in [2.24, 2.45) is 5.41 Å². The standard InChI is InChI=1S/C13H20N2O.C2H6/c1-6-8-9-11(16-15-12(9)14)10(7-2)13(3,4)5;1-2/h6-8H,1-5H3,(H2,14,15);1-2H3/b8-6-,10-7+;. The van der Waals surface area contributed by atoms with Gasteiger partial charge in [-0.2, -0.15) is 0 Å². The summed E-state index contributed by atoms with van der Waals surface area (Å²) in [5, 5.41) is 3.83. The summed E-state index contributed by atoms with van der Waals surface area (Å²) in [5.74, 6) is 1.21. The van der Waals surface area contributed by atoms with E-state index in [4.69, 9.17) is 10.3 Å². The Morgan fingerprint density at radius 3 is 2.17 bits per heavy atom. The van der Waals surface area contributed by atoms with Gasteiger partial charge in [-0.05, 0) is 24.8 Å². The number of allylic oxidation sites excluding steroid dienone is 3. The molecule has 0 saturated carbocycles. The molecule has 1 rings (SSSR count). The summed E-state index contributed by atoms with van der Waals surface area (Å²) in [4.78, 5) is 0. The average Bonchev–Trinajstić information content (AvgIpc) is 2.64. The van der Waals surface area contributed by atoms with Gasteiger partial charge in [-0.15, -0.1) is 0 Å². The highest BCUT2D eigenvalue weighted by atomic mass is 16.5. The maximum Gasteiger partial charge on any atom is 0.174 e. The molecule has 18 heavy (non-hydrogen) atoms. The summed E-state index contributed by atoms with van der Waals surface area (Å²) in [6, 6.07) is 0. The Balaban J connectivity index is 0.00000137. The maximum atomic E-state index is 5.78. The molecule has 0 spiro atoms. The van der Waals surface area contributed by atoms with Crippen LogP contribution in [0.1, 0.15) is 59.8 Å². The van der Waals surface area contributed by atoms with Gasteiger partial charge in [-0.1, -0.05) is 58.0 Å². The van der Waals surface area contributed by atoms with E-state index in [0.717, 1.165) is 16.9 Å². The number of hydrogen-bond donors (Lipinski definition) is 1. The van der Waals surface area contributed by atoms with Gasteiger partial charge in [0.1, 0.15) is 0 Å². The second-order valence-corrected chi connectivity index (χ2v) is 4.76. The van der Waals surface area contributed by atoms with Crippen molar-refractivity contribution < 1.29 is 4.52 Å². The first-order chi connectivity index (χ1) is 8.41. The van der Waals surface area contributed by atoms with E-state index in [1.165, 1.54) is 0 Å². The van der Waals surface area contributed by atoms with Gasteiger partial charge < -0.3 is 10.3 Å². The van der Waals surface area contributed by atoms with Gasteiger partial charge in [0.05, 0.1) is 5.56 Å². The smallest absolute Gasteiger partial charge is 0.174 e. The van der Waals surface area contributed by atoms with Crippen LogP contribution in [-0.4, -0.2) is 5.16 Å². The van der Waals surface area contributed by atoms with E-state index in [-0.39, 0.29) is 5.41 Å². The van der Waals surface area contributed by atoms with Crippen molar-refractivity contribution in [1.29, 1.82) is 0 Å². The summed E-state index contributed by atoms with van der Waals surface area (Å²) in [5.41, 5.74) is 7.77.